The van der Waals surface area contributed by atoms with Crippen molar-refractivity contribution in [3.63, 3.8) is 0 Å². The van der Waals surface area contributed by atoms with Crippen molar-refractivity contribution < 1.29 is 9.90 Å². The van der Waals surface area contributed by atoms with Crippen LogP contribution >= 0.6 is 0 Å². The number of hydrogen-bond acceptors (Lipinski definition) is 4. The van der Waals surface area contributed by atoms with Crippen molar-refractivity contribution in [2.75, 3.05) is 13.1 Å². The summed E-state index contributed by atoms with van der Waals surface area (Å²) in [5, 5.41) is 18.1. The molecular formula is C18H22N4O2. The molecule has 24 heavy (non-hydrogen) atoms. The van der Waals surface area contributed by atoms with E-state index in [-0.39, 0.29) is 5.91 Å². The summed E-state index contributed by atoms with van der Waals surface area (Å²) >= 11 is 0. The first-order valence-electron chi connectivity index (χ1n) is 8.58. The van der Waals surface area contributed by atoms with Crippen LogP contribution in [-0.2, 0) is 18.4 Å². The number of fused-ring (bicyclic) bond motifs is 1. The average molecular weight is 326 g/mol. The number of aromatic amines is 1. The van der Waals surface area contributed by atoms with Crippen LogP contribution in [-0.4, -0.2) is 44.2 Å². The minimum atomic E-state index is -0.946. The Kier molecular flexibility index (Phi) is 3.64. The van der Waals surface area contributed by atoms with Crippen LogP contribution in [0.2, 0.25) is 0 Å². The molecule has 2 aromatic heterocycles. The topological polar surface area (TPSA) is 82.1 Å². The van der Waals surface area contributed by atoms with Gasteiger partial charge in [-0.3, -0.25) is 14.9 Å². The van der Waals surface area contributed by atoms with Gasteiger partial charge >= 0.3 is 0 Å². The molecule has 0 bridgehead atoms. The largest absolute Gasteiger partial charge is 0.383 e. The standard InChI is InChI=1S/C18H22N4O2/c1-12-5-6-15(19-11-12)18(24)7-9-22(10-8-18)17(23)16-13-3-2-4-14(13)20-21-16/h5-6,11,24H,2-4,7-10H2,1H3,(H,20,21). The second-order valence-electron chi connectivity index (χ2n) is 6.93. The zero-order chi connectivity index (χ0) is 16.7. The van der Waals surface area contributed by atoms with Gasteiger partial charge in [0.15, 0.2) is 5.69 Å². The summed E-state index contributed by atoms with van der Waals surface area (Å²) in [6.45, 7) is 3.02. The molecule has 2 N–H and O–H groups in total. The fourth-order valence-corrected chi connectivity index (χ4v) is 3.72. The van der Waals surface area contributed by atoms with Crippen molar-refractivity contribution in [3.05, 3.63) is 46.5 Å². The smallest absolute Gasteiger partial charge is 0.274 e. The number of carbonyl (C=O) groups is 1. The minimum absolute atomic E-state index is 0.0201. The number of piperidine rings is 1. The SMILES string of the molecule is Cc1ccc(C2(O)CCN(C(=O)c3n[nH]c4c3CCC4)CC2)nc1. The van der Waals surface area contributed by atoms with Crippen LogP contribution in [0.1, 0.15) is 52.3 Å². The third kappa shape index (κ3) is 2.51. The third-order valence-corrected chi connectivity index (χ3v) is 5.27. The number of hydrogen-bond donors (Lipinski definition) is 2. The number of likely N-dealkylation sites (tertiary alicyclic amines) is 1. The Morgan fingerprint density at radius 3 is 2.79 bits per heavy atom. The highest BCUT2D eigenvalue weighted by Gasteiger charge is 2.38. The zero-order valence-corrected chi connectivity index (χ0v) is 13.9. The van der Waals surface area contributed by atoms with Crippen molar-refractivity contribution in [1.82, 2.24) is 20.1 Å². The molecule has 1 fully saturated rings. The molecule has 6 heteroatoms. The number of nitrogens with one attached hydrogen (secondary N) is 1. The summed E-state index contributed by atoms with van der Waals surface area (Å²) in [5.74, 6) is -0.0201. The highest BCUT2D eigenvalue weighted by molar-refractivity contribution is 5.94. The van der Waals surface area contributed by atoms with E-state index in [1.54, 1.807) is 11.1 Å². The molecule has 4 rings (SSSR count). The van der Waals surface area contributed by atoms with Gasteiger partial charge in [-0.15, -0.1) is 0 Å². The van der Waals surface area contributed by atoms with Crippen molar-refractivity contribution >= 4 is 5.91 Å². The lowest BCUT2D eigenvalue weighted by Gasteiger charge is -2.37. The number of aryl methyl sites for hydroxylation is 2. The van der Waals surface area contributed by atoms with Crippen LogP contribution < -0.4 is 0 Å². The minimum Gasteiger partial charge on any atom is -0.383 e. The van der Waals surface area contributed by atoms with E-state index in [1.165, 1.54) is 0 Å². The van der Waals surface area contributed by atoms with Crippen LogP contribution in [0.5, 0.6) is 0 Å². The average Bonchev–Trinajstić information content (AvgIpc) is 3.19. The van der Waals surface area contributed by atoms with Gasteiger partial charge in [-0.25, -0.2) is 0 Å². The van der Waals surface area contributed by atoms with E-state index in [9.17, 15) is 9.90 Å². The normalized spacial score (nSPS) is 19.3. The molecule has 0 saturated carbocycles. The predicted molar refractivity (Wildman–Crippen MR) is 88.6 cm³/mol. The summed E-state index contributed by atoms with van der Waals surface area (Å²) < 4.78 is 0. The molecule has 126 valence electrons. The molecule has 0 aromatic carbocycles. The molecule has 6 nitrogen and oxygen atoms in total. The molecule has 3 heterocycles. The van der Waals surface area contributed by atoms with Gasteiger partial charge in [-0.2, -0.15) is 5.10 Å². The molecule has 0 radical (unpaired) electrons. The van der Waals surface area contributed by atoms with Gasteiger partial charge in [0, 0.05) is 30.5 Å². The molecule has 1 saturated heterocycles. The second kappa shape index (κ2) is 5.70. The van der Waals surface area contributed by atoms with Crippen LogP contribution in [0.4, 0.5) is 0 Å². The van der Waals surface area contributed by atoms with Crippen LogP contribution in [0.25, 0.3) is 0 Å². The first-order valence-corrected chi connectivity index (χ1v) is 8.58. The Balaban J connectivity index is 1.47. The van der Waals surface area contributed by atoms with E-state index < -0.39 is 5.60 Å². The van der Waals surface area contributed by atoms with Gasteiger partial charge < -0.3 is 10.0 Å². The lowest BCUT2D eigenvalue weighted by Crippen LogP contribution is -2.45. The molecular weight excluding hydrogens is 304 g/mol. The Morgan fingerprint density at radius 2 is 2.08 bits per heavy atom. The van der Waals surface area contributed by atoms with E-state index in [2.05, 4.69) is 15.2 Å². The Hall–Kier alpha value is -2.21. The number of amides is 1. The molecule has 1 amide bonds. The summed E-state index contributed by atoms with van der Waals surface area (Å²) in [4.78, 5) is 18.9. The molecule has 0 atom stereocenters. The van der Waals surface area contributed by atoms with Gasteiger partial charge in [-0.1, -0.05) is 6.07 Å². The van der Waals surface area contributed by atoms with Gasteiger partial charge in [0.25, 0.3) is 5.91 Å². The summed E-state index contributed by atoms with van der Waals surface area (Å²) in [6.07, 6.45) is 5.77. The number of aliphatic hydroxyl groups is 1. The zero-order valence-electron chi connectivity index (χ0n) is 13.9. The fourth-order valence-electron chi connectivity index (χ4n) is 3.72. The molecule has 1 aliphatic heterocycles. The molecule has 0 unspecified atom stereocenters. The van der Waals surface area contributed by atoms with Crippen molar-refractivity contribution in [2.24, 2.45) is 0 Å². The maximum absolute atomic E-state index is 12.8. The number of pyridine rings is 1. The molecule has 1 aliphatic carbocycles. The number of rotatable bonds is 2. The summed E-state index contributed by atoms with van der Waals surface area (Å²) in [6, 6.07) is 3.85. The van der Waals surface area contributed by atoms with E-state index in [0.717, 1.165) is 36.1 Å². The van der Waals surface area contributed by atoms with Crippen molar-refractivity contribution in [2.45, 2.75) is 44.6 Å². The van der Waals surface area contributed by atoms with Gasteiger partial charge in [-0.05, 0) is 50.7 Å². The second-order valence-corrected chi connectivity index (χ2v) is 6.93. The predicted octanol–water partition coefficient (Wildman–Crippen LogP) is 1.73. The lowest BCUT2D eigenvalue weighted by molar-refractivity contribution is -0.0245. The van der Waals surface area contributed by atoms with Crippen LogP contribution in [0.3, 0.4) is 0 Å². The fraction of sp³-hybridized carbons (Fsp3) is 0.500. The highest BCUT2D eigenvalue weighted by atomic mass is 16.3. The van der Waals surface area contributed by atoms with Crippen LogP contribution in [0, 0.1) is 6.92 Å². The Morgan fingerprint density at radius 1 is 1.29 bits per heavy atom. The number of aromatic nitrogens is 3. The summed E-state index contributed by atoms with van der Waals surface area (Å²) in [7, 11) is 0. The maximum Gasteiger partial charge on any atom is 0.274 e. The molecule has 2 aliphatic rings. The van der Waals surface area contributed by atoms with Crippen molar-refractivity contribution in [1.29, 1.82) is 0 Å². The monoisotopic (exact) mass is 326 g/mol. The van der Waals surface area contributed by atoms with Gasteiger partial charge in [0.1, 0.15) is 5.60 Å². The maximum atomic E-state index is 12.8. The first kappa shape index (κ1) is 15.3. The number of nitrogens with zero attached hydrogens (tertiary/aromatic N) is 3. The van der Waals surface area contributed by atoms with E-state index >= 15 is 0 Å². The summed E-state index contributed by atoms with van der Waals surface area (Å²) in [5.41, 5.74) is 3.58. The Bertz CT molecular complexity index is 758. The van der Waals surface area contributed by atoms with Crippen LogP contribution in [0.15, 0.2) is 18.3 Å². The van der Waals surface area contributed by atoms with Gasteiger partial charge in [0.05, 0.1) is 5.69 Å². The first-order chi connectivity index (χ1) is 11.6. The van der Waals surface area contributed by atoms with Gasteiger partial charge in [0.2, 0.25) is 0 Å². The van der Waals surface area contributed by atoms with Crippen molar-refractivity contribution in [3.8, 4) is 0 Å². The number of H-pyrrole nitrogens is 1. The van der Waals surface area contributed by atoms with E-state index in [1.807, 2.05) is 19.1 Å². The Labute approximate surface area is 140 Å². The lowest BCUT2D eigenvalue weighted by atomic mass is 9.87. The quantitative estimate of drug-likeness (QED) is 0.880. The van der Waals surface area contributed by atoms with E-state index in [0.29, 0.717) is 37.3 Å². The highest BCUT2D eigenvalue weighted by Crippen LogP contribution is 2.32. The number of carbonyl (C=O) groups excluding carboxylic acids is 1. The molecule has 0 spiro atoms. The van der Waals surface area contributed by atoms with E-state index in [4.69, 9.17) is 0 Å². The molecule has 2 aromatic rings. The third-order valence-electron chi connectivity index (χ3n) is 5.27.